The third kappa shape index (κ3) is 5.62. The van der Waals surface area contributed by atoms with E-state index in [4.69, 9.17) is 16.3 Å². The van der Waals surface area contributed by atoms with Crippen LogP contribution in [-0.4, -0.2) is 36.2 Å². The molecule has 6 nitrogen and oxygen atoms in total. The summed E-state index contributed by atoms with van der Waals surface area (Å²) in [5.74, 6) is -1.13. The zero-order valence-electron chi connectivity index (χ0n) is 13.3. The molecule has 24 heavy (non-hydrogen) atoms. The second-order valence-corrected chi connectivity index (χ2v) is 5.88. The molecule has 2 fully saturated rings. The fourth-order valence-electron chi connectivity index (χ4n) is 2.00. The average Bonchev–Trinajstić information content (AvgIpc) is 3.22. The third-order valence-electron chi connectivity index (χ3n) is 3.48. The Bertz CT molecular complexity index is 566. The van der Waals surface area contributed by atoms with Crippen molar-refractivity contribution >= 4 is 29.5 Å². The van der Waals surface area contributed by atoms with E-state index in [1.54, 1.807) is 24.3 Å². The number of carbonyl (C=O) groups is 3. The van der Waals surface area contributed by atoms with Gasteiger partial charge in [-0.3, -0.25) is 4.79 Å². The van der Waals surface area contributed by atoms with Crippen molar-refractivity contribution in [2.75, 3.05) is 6.61 Å². The minimum Gasteiger partial charge on any atom is -0.466 e. The molecule has 3 aliphatic heterocycles. The SMILES string of the molecule is CC1OC1Cl.O=C1CCCCCO1.O=C1OC(=O)c2ccccc21. The van der Waals surface area contributed by atoms with Crippen LogP contribution in [0.1, 0.15) is 53.3 Å². The van der Waals surface area contributed by atoms with E-state index in [0.29, 0.717) is 30.3 Å². The first kappa shape index (κ1) is 18.4. The Hall–Kier alpha value is -1.92. The van der Waals surface area contributed by atoms with Gasteiger partial charge in [-0.1, -0.05) is 23.7 Å². The Balaban J connectivity index is 0.000000141. The number of epoxide rings is 1. The number of hydrogen-bond acceptors (Lipinski definition) is 6. The van der Waals surface area contributed by atoms with Crippen molar-refractivity contribution in [2.45, 2.75) is 44.3 Å². The summed E-state index contributed by atoms with van der Waals surface area (Å²) in [6.45, 7) is 2.58. The quantitative estimate of drug-likeness (QED) is 0.308. The smallest absolute Gasteiger partial charge is 0.346 e. The average molecular weight is 355 g/mol. The van der Waals surface area contributed by atoms with E-state index in [1.165, 1.54) is 0 Å². The molecule has 130 valence electrons. The standard InChI is InChI=1S/C8H4O3.C6H10O2.C3H5ClO/c9-7-5-3-1-2-4-6(5)8(10)11-7;7-6-4-2-1-3-5-8-6;1-2-3(4)5-2/h1-4H;1-5H2;2-3H,1H3. The maximum atomic E-state index is 10.8. The highest BCUT2D eigenvalue weighted by atomic mass is 35.5. The molecular formula is C17H19ClO6. The van der Waals surface area contributed by atoms with Gasteiger partial charge in [-0.25, -0.2) is 9.59 Å². The van der Waals surface area contributed by atoms with Gasteiger partial charge in [0.1, 0.15) is 0 Å². The van der Waals surface area contributed by atoms with E-state index >= 15 is 0 Å². The van der Waals surface area contributed by atoms with Gasteiger partial charge < -0.3 is 14.2 Å². The number of hydrogen-bond donors (Lipinski definition) is 0. The number of carbonyl (C=O) groups excluding carboxylic acids is 3. The Kier molecular flexibility index (Phi) is 6.75. The first-order valence-corrected chi connectivity index (χ1v) is 8.23. The highest BCUT2D eigenvalue weighted by Crippen LogP contribution is 2.23. The summed E-state index contributed by atoms with van der Waals surface area (Å²) in [7, 11) is 0. The normalized spacial score (nSPS) is 24.2. The number of halogens is 1. The van der Waals surface area contributed by atoms with Crippen LogP contribution in [0, 0.1) is 0 Å². The molecule has 1 aromatic carbocycles. The summed E-state index contributed by atoms with van der Waals surface area (Å²) in [6.07, 6.45) is 4.15. The van der Waals surface area contributed by atoms with E-state index in [-0.39, 0.29) is 11.5 Å². The minimum atomic E-state index is -0.550. The van der Waals surface area contributed by atoms with Gasteiger partial charge in [0.25, 0.3) is 0 Å². The highest BCUT2D eigenvalue weighted by Gasteiger charge is 2.31. The first-order valence-electron chi connectivity index (χ1n) is 7.79. The van der Waals surface area contributed by atoms with E-state index in [9.17, 15) is 14.4 Å². The molecule has 2 atom stereocenters. The summed E-state index contributed by atoms with van der Waals surface area (Å²) >= 11 is 5.31. The van der Waals surface area contributed by atoms with Gasteiger partial charge in [-0.15, -0.1) is 0 Å². The van der Waals surface area contributed by atoms with Crippen LogP contribution >= 0.6 is 11.6 Å². The summed E-state index contributed by atoms with van der Waals surface area (Å²) in [5, 5.41) is 0. The van der Waals surface area contributed by atoms with Crippen molar-refractivity contribution in [1.29, 1.82) is 0 Å². The summed E-state index contributed by atoms with van der Waals surface area (Å²) in [5.41, 5.74) is 0.741. The maximum Gasteiger partial charge on any atom is 0.346 e. The van der Waals surface area contributed by atoms with Crippen molar-refractivity contribution in [3.05, 3.63) is 35.4 Å². The number of esters is 3. The van der Waals surface area contributed by atoms with Crippen LogP contribution in [0.3, 0.4) is 0 Å². The molecular weight excluding hydrogens is 336 g/mol. The number of fused-ring (bicyclic) bond motifs is 1. The molecule has 7 heteroatoms. The molecule has 0 amide bonds. The Morgan fingerprint density at radius 3 is 2.04 bits per heavy atom. The van der Waals surface area contributed by atoms with Crippen LogP contribution in [0.25, 0.3) is 0 Å². The van der Waals surface area contributed by atoms with Crippen LogP contribution in [0.4, 0.5) is 0 Å². The molecule has 0 spiro atoms. The predicted molar refractivity (Wildman–Crippen MR) is 85.8 cm³/mol. The fourth-order valence-corrected chi connectivity index (χ4v) is 2.16. The highest BCUT2D eigenvalue weighted by molar-refractivity contribution is 6.21. The van der Waals surface area contributed by atoms with Gasteiger partial charge in [-0.2, -0.15) is 0 Å². The predicted octanol–water partition coefficient (Wildman–Crippen LogP) is 3.07. The van der Waals surface area contributed by atoms with Gasteiger partial charge >= 0.3 is 17.9 Å². The topological polar surface area (TPSA) is 82.2 Å². The monoisotopic (exact) mass is 354 g/mol. The number of alkyl halides is 1. The zero-order chi connectivity index (χ0) is 17.5. The summed E-state index contributed by atoms with van der Waals surface area (Å²) < 4.78 is 13.8. The molecule has 0 aliphatic carbocycles. The first-order chi connectivity index (χ1) is 11.5. The van der Waals surface area contributed by atoms with Crippen LogP contribution in [0.15, 0.2) is 24.3 Å². The van der Waals surface area contributed by atoms with E-state index in [1.807, 2.05) is 6.92 Å². The van der Waals surface area contributed by atoms with Crippen LogP contribution < -0.4 is 0 Å². The third-order valence-corrected chi connectivity index (χ3v) is 3.94. The molecule has 3 aliphatic rings. The summed E-state index contributed by atoms with van der Waals surface area (Å²) in [4.78, 5) is 32.1. The molecule has 0 aromatic heterocycles. The van der Waals surface area contributed by atoms with E-state index in [2.05, 4.69) is 9.47 Å². The fraction of sp³-hybridized carbons (Fsp3) is 0.471. The van der Waals surface area contributed by atoms with Gasteiger partial charge in [0.05, 0.1) is 23.8 Å². The number of cyclic esters (lactones) is 3. The van der Waals surface area contributed by atoms with E-state index in [0.717, 1.165) is 19.3 Å². The molecule has 1 aromatic rings. The molecule has 0 saturated carbocycles. The lowest BCUT2D eigenvalue weighted by Crippen LogP contribution is -2.00. The van der Waals surface area contributed by atoms with Crippen molar-refractivity contribution < 1.29 is 28.6 Å². The molecule has 0 radical (unpaired) electrons. The van der Waals surface area contributed by atoms with E-state index < -0.39 is 11.9 Å². The number of benzene rings is 1. The number of rotatable bonds is 0. The van der Waals surface area contributed by atoms with Gasteiger partial charge in [0.2, 0.25) is 0 Å². The lowest BCUT2D eigenvalue weighted by atomic mass is 10.1. The minimum absolute atomic E-state index is 0.0231. The second kappa shape index (κ2) is 8.80. The Labute approximate surface area is 145 Å². The van der Waals surface area contributed by atoms with Crippen molar-refractivity contribution in [3.8, 4) is 0 Å². The van der Waals surface area contributed by atoms with Crippen LogP contribution in [0.2, 0.25) is 0 Å². The lowest BCUT2D eigenvalue weighted by Gasteiger charge is -1.93. The molecule has 2 unspecified atom stereocenters. The molecule has 4 rings (SSSR count). The van der Waals surface area contributed by atoms with Crippen molar-refractivity contribution in [2.24, 2.45) is 0 Å². The maximum absolute atomic E-state index is 10.8. The van der Waals surface area contributed by atoms with Gasteiger partial charge in [0, 0.05) is 6.42 Å². The molecule has 0 N–H and O–H groups in total. The Morgan fingerprint density at radius 1 is 1.00 bits per heavy atom. The van der Waals surface area contributed by atoms with Gasteiger partial charge in [0.15, 0.2) is 5.56 Å². The molecule has 0 bridgehead atoms. The van der Waals surface area contributed by atoms with Crippen molar-refractivity contribution in [1.82, 2.24) is 0 Å². The van der Waals surface area contributed by atoms with Crippen molar-refractivity contribution in [3.63, 3.8) is 0 Å². The van der Waals surface area contributed by atoms with Crippen LogP contribution in [-0.2, 0) is 19.0 Å². The summed E-state index contributed by atoms with van der Waals surface area (Å²) in [6, 6.07) is 6.53. The molecule has 3 heterocycles. The Morgan fingerprint density at radius 2 is 1.54 bits per heavy atom. The van der Waals surface area contributed by atoms with Crippen LogP contribution in [0.5, 0.6) is 0 Å². The molecule has 2 saturated heterocycles. The zero-order valence-corrected chi connectivity index (χ0v) is 14.1. The second-order valence-electron chi connectivity index (χ2n) is 5.45. The number of ether oxygens (including phenoxy) is 3. The lowest BCUT2D eigenvalue weighted by molar-refractivity contribution is -0.142. The van der Waals surface area contributed by atoms with Gasteiger partial charge in [-0.05, 0) is 38.3 Å². The largest absolute Gasteiger partial charge is 0.466 e.